The first kappa shape index (κ1) is 12.9. The number of carbonyl (C=O) groups is 1. The second kappa shape index (κ2) is 6.43. The van der Waals surface area contributed by atoms with E-state index in [0.29, 0.717) is 18.9 Å². The van der Waals surface area contributed by atoms with Crippen molar-refractivity contribution in [1.82, 2.24) is 9.97 Å². The molecule has 0 radical (unpaired) electrons. The zero-order valence-electron chi connectivity index (χ0n) is 9.88. The predicted molar refractivity (Wildman–Crippen MR) is 61.3 cm³/mol. The highest BCUT2D eigenvalue weighted by molar-refractivity contribution is 5.70. The number of nitrogens with zero attached hydrogens (tertiary/aromatic N) is 4. The van der Waals surface area contributed by atoms with E-state index in [0.717, 1.165) is 0 Å². The first-order valence-electron chi connectivity index (χ1n) is 5.25. The minimum Gasteiger partial charge on any atom is -0.469 e. The first-order chi connectivity index (χ1) is 8.22. The van der Waals surface area contributed by atoms with Crippen molar-refractivity contribution in [3.8, 4) is 6.07 Å². The summed E-state index contributed by atoms with van der Waals surface area (Å²) < 4.78 is 4.57. The zero-order chi connectivity index (χ0) is 12.7. The number of nitriles is 1. The molecule has 1 rings (SSSR count). The third-order valence-electron chi connectivity index (χ3n) is 2.28. The molecule has 1 heterocycles. The molecule has 6 nitrogen and oxygen atoms in total. The topological polar surface area (TPSA) is 79.1 Å². The maximum Gasteiger partial charge on any atom is 0.307 e. The summed E-state index contributed by atoms with van der Waals surface area (Å²) in [6.07, 6.45) is 3.25. The van der Waals surface area contributed by atoms with E-state index >= 15 is 0 Å². The largest absolute Gasteiger partial charge is 0.469 e. The molecule has 6 heteroatoms. The van der Waals surface area contributed by atoms with Crippen molar-refractivity contribution in [3.63, 3.8) is 0 Å². The number of methoxy groups -OCH3 is 1. The van der Waals surface area contributed by atoms with Crippen LogP contribution in [0.1, 0.15) is 19.0 Å². The van der Waals surface area contributed by atoms with Crippen LogP contribution in [0.2, 0.25) is 0 Å². The molecule has 17 heavy (non-hydrogen) atoms. The molecule has 0 aliphatic heterocycles. The van der Waals surface area contributed by atoms with Gasteiger partial charge in [-0.15, -0.1) is 0 Å². The summed E-state index contributed by atoms with van der Waals surface area (Å²) in [6.45, 7) is 3.02. The van der Waals surface area contributed by atoms with Crippen LogP contribution < -0.4 is 4.90 Å². The van der Waals surface area contributed by atoms with Crippen LogP contribution in [0.4, 0.5) is 5.82 Å². The zero-order valence-corrected chi connectivity index (χ0v) is 9.88. The first-order valence-corrected chi connectivity index (χ1v) is 5.25. The van der Waals surface area contributed by atoms with Crippen LogP contribution >= 0.6 is 0 Å². The van der Waals surface area contributed by atoms with Crippen LogP contribution in [0.3, 0.4) is 0 Å². The van der Waals surface area contributed by atoms with E-state index in [1.165, 1.54) is 19.5 Å². The van der Waals surface area contributed by atoms with Crippen molar-refractivity contribution < 1.29 is 9.53 Å². The van der Waals surface area contributed by atoms with Gasteiger partial charge in [-0.3, -0.25) is 4.79 Å². The van der Waals surface area contributed by atoms with Crippen molar-refractivity contribution in [2.45, 2.75) is 13.3 Å². The van der Waals surface area contributed by atoms with E-state index in [2.05, 4.69) is 14.7 Å². The van der Waals surface area contributed by atoms with Gasteiger partial charge in [0.25, 0.3) is 0 Å². The summed E-state index contributed by atoms with van der Waals surface area (Å²) in [5, 5.41) is 8.92. The summed E-state index contributed by atoms with van der Waals surface area (Å²) in [5.74, 6) is 0.215. The van der Waals surface area contributed by atoms with Crippen molar-refractivity contribution in [3.05, 3.63) is 18.1 Å². The number of anilines is 1. The van der Waals surface area contributed by atoms with Gasteiger partial charge in [-0.05, 0) is 6.92 Å². The molecular weight excluding hydrogens is 220 g/mol. The van der Waals surface area contributed by atoms with Crippen LogP contribution in [0.15, 0.2) is 12.4 Å². The standard InChI is InChI=1S/C11H14N4O2/c1-3-15(7-4-10(16)17-2)11-9(8-12)13-5-6-14-11/h5-6H,3-4,7H2,1-2H3. The maximum atomic E-state index is 11.1. The highest BCUT2D eigenvalue weighted by Gasteiger charge is 2.13. The summed E-state index contributed by atoms with van der Waals surface area (Å²) >= 11 is 0. The van der Waals surface area contributed by atoms with Crippen LogP contribution in [-0.2, 0) is 9.53 Å². The molecule has 0 aliphatic rings. The molecule has 0 aliphatic carbocycles. The third kappa shape index (κ3) is 3.41. The lowest BCUT2D eigenvalue weighted by atomic mass is 10.3. The van der Waals surface area contributed by atoms with Gasteiger partial charge in [-0.2, -0.15) is 5.26 Å². The smallest absolute Gasteiger partial charge is 0.307 e. The second-order valence-corrected chi connectivity index (χ2v) is 3.25. The van der Waals surface area contributed by atoms with Crippen molar-refractivity contribution >= 4 is 11.8 Å². The van der Waals surface area contributed by atoms with E-state index in [1.807, 2.05) is 17.9 Å². The van der Waals surface area contributed by atoms with E-state index in [9.17, 15) is 4.79 Å². The molecule has 0 atom stereocenters. The number of esters is 1. The molecule has 1 aromatic rings. The number of hydrogen-bond acceptors (Lipinski definition) is 6. The second-order valence-electron chi connectivity index (χ2n) is 3.25. The Hall–Kier alpha value is -2.16. The molecule has 0 fully saturated rings. The van der Waals surface area contributed by atoms with E-state index in [-0.39, 0.29) is 18.1 Å². The summed E-state index contributed by atoms with van der Waals surface area (Å²) in [5.41, 5.74) is 0.263. The summed E-state index contributed by atoms with van der Waals surface area (Å²) in [4.78, 5) is 20.9. The summed E-state index contributed by atoms with van der Waals surface area (Å²) in [6, 6.07) is 1.98. The number of rotatable bonds is 5. The molecule has 0 saturated heterocycles. The molecule has 0 aromatic carbocycles. The molecule has 1 aromatic heterocycles. The Labute approximate surface area is 99.9 Å². The number of aromatic nitrogens is 2. The average molecular weight is 234 g/mol. The van der Waals surface area contributed by atoms with E-state index < -0.39 is 0 Å². The molecule has 0 unspecified atom stereocenters. The van der Waals surface area contributed by atoms with E-state index in [4.69, 9.17) is 5.26 Å². The quantitative estimate of drug-likeness (QED) is 0.699. The van der Waals surface area contributed by atoms with Gasteiger partial charge in [-0.1, -0.05) is 0 Å². The molecule has 0 N–H and O–H groups in total. The van der Waals surface area contributed by atoms with Gasteiger partial charge in [0.1, 0.15) is 6.07 Å². The van der Waals surface area contributed by atoms with Crippen molar-refractivity contribution in [2.75, 3.05) is 25.1 Å². The number of carbonyl (C=O) groups excluding carboxylic acids is 1. The van der Waals surface area contributed by atoms with Crippen LogP contribution in [0.25, 0.3) is 0 Å². The fourth-order valence-corrected chi connectivity index (χ4v) is 1.38. The van der Waals surface area contributed by atoms with Crippen LogP contribution in [0.5, 0.6) is 0 Å². The average Bonchev–Trinajstić information content (AvgIpc) is 2.39. The van der Waals surface area contributed by atoms with Crippen molar-refractivity contribution in [1.29, 1.82) is 5.26 Å². The lowest BCUT2D eigenvalue weighted by molar-refractivity contribution is -0.140. The minimum atomic E-state index is -0.286. The normalized spacial score (nSPS) is 9.47. The highest BCUT2D eigenvalue weighted by atomic mass is 16.5. The fraction of sp³-hybridized carbons (Fsp3) is 0.455. The lowest BCUT2D eigenvalue weighted by Gasteiger charge is -2.21. The maximum absolute atomic E-state index is 11.1. The molecule has 90 valence electrons. The highest BCUT2D eigenvalue weighted by Crippen LogP contribution is 2.13. The van der Waals surface area contributed by atoms with Gasteiger partial charge in [0.15, 0.2) is 11.5 Å². The lowest BCUT2D eigenvalue weighted by Crippen LogP contribution is -2.28. The monoisotopic (exact) mass is 234 g/mol. The molecule has 0 amide bonds. The summed E-state index contributed by atoms with van der Waals surface area (Å²) in [7, 11) is 1.35. The van der Waals surface area contributed by atoms with Crippen LogP contribution in [0, 0.1) is 11.3 Å². The Kier molecular flexibility index (Phi) is 4.88. The Bertz CT molecular complexity index is 428. The Balaban J connectivity index is 2.80. The molecule has 0 saturated carbocycles. The number of hydrogen-bond donors (Lipinski definition) is 0. The number of ether oxygens (including phenoxy) is 1. The Morgan fingerprint density at radius 2 is 2.24 bits per heavy atom. The Morgan fingerprint density at radius 1 is 1.53 bits per heavy atom. The predicted octanol–water partition coefficient (Wildman–Crippen LogP) is 0.738. The van der Waals surface area contributed by atoms with Gasteiger partial charge in [0, 0.05) is 25.5 Å². The van der Waals surface area contributed by atoms with Crippen molar-refractivity contribution in [2.24, 2.45) is 0 Å². The SMILES string of the molecule is CCN(CCC(=O)OC)c1nccnc1C#N. The van der Waals surface area contributed by atoms with Gasteiger partial charge in [0.2, 0.25) is 0 Å². The van der Waals surface area contributed by atoms with Gasteiger partial charge < -0.3 is 9.64 Å². The molecule has 0 bridgehead atoms. The third-order valence-corrected chi connectivity index (χ3v) is 2.28. The minimum absolute atomic E-state index is 0.256. The fourth-order valence-electron chi connectivity index (χ4n) is 1.38. The van der Waals surface area contributed by atoms with Gasteiger partial charge in [-0.25, -0.2) is 9.97 Å². The van der Waals surface area contributed by atoms with Gasteiger partial charge >= 0.3 is 5.97 Å². The van der Waals surface area contributed by atoms with Gasteiger partial charge in [0.05, 0.1) is 13.5 Å². The molecular formula is C11H14N4O2. The van der Waals surface area contributed by atoms with E-state index in [1.54, 1.807) is 0 Å². The van der Waals surface area contributed by atoms with Crippen LogP contribution in [-0.4, -0.2) is 36.1 Å². The Morgan fingerprint density at radius 3 is 2.82 bits per heavy atom. The molecule has 0 spiro atoms.